The number of benzene rings is 4. The van der Waals surface area contributed by atoms with Crippen LogP contribution in [0.5, 0.6) is 11.5 Å². The first kappa shape index (κ1) is 15.9. The third-order valence-corrected chi connectivity index (χ3v) is 4.90. The summed E-state index contributed by atoms with van der Waals surface area (Å²) in [7, 11) is 4.11. The maximum absolute atomic E-state index is 5.75. The van der Waals surface area contributed by atoms with E-state index in [1.165, 1.54) is 10.8 Å². The molecule has 0 amide bonds. The molecular formula is C22H19O2P. The van der Waals surface area contributed by atoms with E-state index in [2.05, 4.69) is 77.1 Å². The van der Waals surface area contributed by atoms with Gasteiger partial charge >= 0.3 is 0 Å². The van der Waals surface area contributed by atoms with Crippen LogP contribution in [0.25, 0.3) is 32.7 Å². The second kappa shape index (κ2) is 6.38. The summed E-state index contributed by atoms with van der Waals surface area (Å²) in [6.45, 7) is 2.08. The standard InChI is InChI=1S/C22H19O2P/c1-14-13-16-8-4-6-10-18(16)21(22(14)24-25)20-17-9-5-3-7-15(17)11-12-19(20)23-2/h3-13H,25H2,1-2H3. The Morgan fingerprint density at radius 3 is 2.08 bits per heavy atom. The number of methoxy groups -OCH3 is 1. The van der Waals surface area contributed by atoms with Crippen molar-refractivity contribution in [1.29, 1.82) is 0 Å². The molecule has 0 aromatic heterocycles. The van der Waals surface area contributed by atoms with E-state index >= 15 is 0 Å². The summed E-state index contributed by atoms with van der Waals surface area (Å²) in [5, 5.41) is 4.68. The summed E-state index contributed by atoms with van der Waals surface area (Å²) < 4.78 is 11.5. The number of fused-ring (bicyclic) bond motifs is 2. The van der Waals surface area contributed by atoms with Crippen molar-refractivity contribution in [3.05, 3.63) is 72.3 Å². The lowest BCUT2D eigenvalue weighted by Gasteiger charge is -2.19. The quantitative estimate of drug-likeness (QED) is 0.414. The molecule has 4 aromatic carbocycles. The highest BCUT2D eigenvalue weighted by molar-refractivity contribution is 7.10. The van der Waals surface area contributed by atoms with Crippen LogP contribution < -0.4 is 9.26 Å². The average molecular weight is 346 g/mol. The molecule has 0 aliphatic heterocycles. The number of hydrogen-bond acceptors (Lipinski definition) is 2. The van der Waals surface area contributed by atoms with Gasteiger partial charge in [-0.1, -0.05) is 54.6 Å². The SMILES string of the molecule is COc1ccc2ccccc2c1-c1c(OP)c(C)cc2ccccc12. The molecule has 0 saturated carbocycles. The molecule has 4 aromatic rings. The van der Waals surface area contributed by atoms with E-state index in [0.29, 0.717) is 0 Å². The molecule has 0 radical (unpaired) electrons. The summed E-state index contributed by atoms with van der Waals surface area (Å²) >= 11 is 0. The fraction of sp³-hybridized carbons (Fsp3) is 0.0909. The Kier molecular flexibility index (Phi) is 4.07. The summed E-state index contributed by atoms with van der Waals surface area (Å²) in [4.78, 5) is 0. The monoisotopic (exact) mass is 346 g/mol. The van der Waals surface area contributed by atoms with Gasteiger partial charge in [-0.2, -0.15) is 0 Å². The Bertz CT molecular complexity index is 1090. The molecule has 0 saturated heterocycles. The smallest absolute Gasteiger partial charge is 0.134 e. The summed E-state index contributed by atoms with van der Waals surface area (Å²) in [6, 6.07) is 23.1. The zero-order valence-corrected chi connectivity index (χ0v) is 15.4. The first-order valence-corrected chi connectivity index (χ1v) is 8.67. The molecule has 0 heterocycles. The molecule has 0 bridgehead atoms. The molecule has 4 rings (SSSR count). The summed E-state index contributed by atoms with van der Waals surface area (Å²) in [5.41, 5.74) is 3.23. The molecule has 0 fully saturated rings. The van der Waals surface area contributed by atoms with Crippen LogP contribution in [0.15, 0.2) is 66.7 Å². The van der Waals surface area contributed by atoms with Gasteiger partial charge in [0.25, 0.3) is 0 Å². The number of ether oxygens (including phenoxy) is 1. The Balaban J connectivity index is 2.24. The van der Waals surface area contributed by atoms with Crippen LogP contribution in [0.4, 0.5) is 0 Å². The predicted octanol–water partition coefficient (Wildman–Crippen LogP) is 6.15. The fourth-order valence-corrected chi connectivity index (χ4v) is 3.85. The van der Waals surface area contributed by atoms with Gasteiger partial charge in [0.05, 0.1) is 16.6 Å². The van der Waals surface area contributed by atoms with Crippen molar-refractivity contribution in [2.45, 2.75) is 6.92 Å². The molecule has 124 valence electrons. The summed E-state index contributed by atoms with van der Waals surface area (Å²) in [5.74, 6) is 1.70. The van der Waals surface area contributed by atoms with E-state index in [9.17, 15) is 0 Å². The lowest BCUT2D eigenvalue weighted by molar-refractivity contribution is 0.417. The van der Waals surface area contributed by atoms with E-state index in [4.69, 9.17) is 9.26 Å². The summed E-state index contributed by atoms with van der Waals surface area (Å²) in [6.07, 6.45) is 0. The molecule has 3 heteroatoms. The van der Waals surface area contributed by atoms with Crippen LogP contribution in [0.3, 0.4) is 0 Å². The lowest BCUT2D eigenvalue weighted by atomic mass is 9.90. The van der Waals surface area contributed by atoms with Gasteiger partial charge in [0, 0.05) is 11.1 Å². The minimum atomic E-state index is 0.845. The van der Waals surface area contributed by atoms with Crippen molar-refractivity contribution in [2.75, 3.05) is 7.11 Å². The van der Waals surface area contributed by atoms with Crippen LogP contribution in [0.1, 0.15) is 5.56 Å². The van der Waals surface area contributed by atoms with Crippen LogP contribution >= 0.6 is 9.47 Å². The van der Waals surface area contributed by atoms with Crippen molar-refractivity contribution in [1.82, 2.24) is 0 Å². The first-order valence-electron chi connectivity index (χ1n) is 8.19. The van der Waals surface area contributed by atoms with Gasteiger partial charge in [-0.05, 0) is 46.2 Å². The van der Waals surface area contributed by atoms with Crippen molar-refractivity contribution >= 4 is 31.0 Å². The van der Waals surface area contributed by atoms with Crippen LogP contribution in [0.2, 0.25) is 0 Å². The molecule has 2 nitrogen and oxygen atoms in total. The Morgan fingerprint density at radius 2 is 1.40 bits per heavy atom. The molecule has 0 N–H and O–H groups in total. The molecule has 1 atom stereocenters. The second-order valence-corrected chi connectivity index (χ2v) is 6.34. The zero-order valence-electron chi connectivity index (χ0n) is 14.2. The molecular weight excluding hydrogens is 327 g/mol. The van der Waals surface area contributed by atoms with Crippen molar-refractivity contribution in [3.63, 3.8) is 0 Å². The highest BCUT2D eigenvalue weighted by Gasteiger charge is 2.19. The predicted molar refractivity (Wildman–Crippen MR) is 109 cm³/mol. The van der Waals surface area contributed by atoms with E-state index in [-0.39, 0.29) is 0 Å². The van der Waals surface area contributed by atoms with E-state index < -0.39 is 0 Å². The van der Waals surface area contributed by atoms with Crippen LogP contribution in [-0.2, 0) is 0 Å². The van der Waals surface area contributed by atoms with Gasteiger partial charge in [-0.15, -0.1) is 0 Å². The van der Waals surface area contributed by atoms with Gasteiger partial charge in [-0.3, -0.25) is 0 Å². The third-order valence-electron chi connectivity index (χ3n) is 4.67. The molecule has 0 spiro atoms. The first-order chi connectivity index (χ1) is 12.2. The molecule has 0 aliphatic rings. The van der Waals surface area contributed by atoms with Crippen molar-refractivity contribution in [3.8, 4) is 22.6 Å². The Hall–Kier alpha value is -2.57. The maximum atomic E-state index is 5.75. The number of rotatable bonds is 3. The zero-order chi connectivity index (χ0) is 17.4. The molecule has 0 aliphatic carbocycles. The Labute approximate surface area is 149 Å². The van der Waals surface area contributed by atoms with Crippen molar-refractivity contribution < 1.29 is 9.26 Å². The average Bonchev–Trinajstić information content (AvgIpc) is 2.66. The van der Waals surface area contributed by atoms with Gasteiger partial charge < -0.3 is 9.26 Å². The molecule has 1 unspecified atom stereocenters. The number of hydrogen-bond donors (Lipinski definition) is 0. The second-order valence-electron chi connectivity index (χ2n) is 6.10. The fourth-order valence-electron chi connectivity index (χ4n) is 3.55. The highest BCUT2D eigenvalue weighted by atomic mass is 31.0. The topological polar surface area (TPSA) is 18.5 Å². The van der Waals surface area contributed by atoms with Crippen LogP contribution in [0, 0.1) is 6.92 Å². The van der Waals surface area contributed by atoms with E-state index in [1.807, 2.05) is 6.07 Å². The third kappa shape index (κ3) is 2.54. The normalized spacial score (nSPS) is 11.0. The van der Waals surface area contributed by atoms with Crippen LogP contribution in [-0.4, -0.2) is 7.11 Å². The Morgan fingerprint density at radius 1 is 0.760 bits per heavy atom. The van der Waals surface area contributed by atoms with Gasteiger partial charge in [0.1, 0.15) is 11.5 Å². The van der Waals surface area contributed by atoms with Crippen molar-refractivity contribution in [2.24, 2.45) is 0 Å². The van der Waals surface area contributed by atoms with Gasteiger partial charge in [0.2, 0.25) is 0 Å². The lowest BCUT2D eigenvalue weighted by Crippen LogP contribution is -1.94. The van der Waals surface area contributed by atoms with Gasteiger partial charge in [-0.25, -0.2) is 0 Å². The maximum Gasteiger partial charge on any atom is 0.134 e. The van der Waals surface area contributed by atoms with Gasteiger partial charge in [0.15, 0.2) is 0 Å². The number of aryl methyl sites for hydroxylation is 1. The van der Waals surface area contributed by atoms with E-state index in [1.54, 1.807) is 7.11 Å². The minimum Gasteiger partial charge on any atom is -0.496 e. The van der Waals surface area contributed by atoms with E-state index in [0.717, 1.165) is 39.0 Å². The minimum absolute atomic E-state index is 0.845. The highest BCUT2D eigenvalue weighted by Crippen LogP contribution is 2.47. The largest absolute Gasteiger partial charge is 0.496 e. The molecule has 25 heavy (non-hydrogen) atoms.